The number of carbonyl (C=O) groups excluding carboxylic acids is 2. The van der Waals surface area contributed by atoms with Gasteiger partial charge in [0, 0.05) is 11.8 Å². The van der Waals surface area contributed by atoms with Gasteiger partial charge in [-0.05, 0) is 19.4 Å². The van der Waals surface area contributed by atoms with Crippen LogP contribution < -0.4 is 5.32 Å². The number of aryl methyl sites for hydroxylation is 1. The van der Waals surface area contributed by atoms with E-state index in [-0.39, 0.29) is 11.9 Å². The second-order valence-electron chi connectivity index (χ2n) is 3.21. The van der Waals surface area contributed by atoms with Gasteiger partial charge in [-0.15, -0.1) is 11.3 Å². The van der Waals surface area contributed by atoms with Gasteiger partial charge in [-0.25, -0.2) is 4.79 Å². The number of ether oxygens (including phenoxy) is 1. The lowest BCUT2D eigenvalue weighted by molar-refractivity contribution is -0.114. The Kier molecular flexibility index (Phi) is 4.49. The monoisotopic (exact) mass is 241 g/mol. The van der Waals surface area contributed by atoms with E-state index in [0.29, 0.717) is 17.2 Å². The zero-order valence-corrected chi connectivity index (χ0v) is 10.4. The maximum Gasteiger partial charge on any atom is 0.350 e. The number of esters is 1. The number of hydrogen-bond donors (Lipinski definition) is 1. The van der Waals surface area contributed by atoms with Gasteiger partial charge in [-0.1, -0.05) is 6.92 Å². The van der Waals surface area contributed by atoms with E-state index in [1.54, 1.807) is 6.92 Å². The lowest BCUT2D eigenvalue weighted by Crippen LogP contribution is -2.10. The minimum atomic E-state index is -0.379. The number of nitrogens with one attached hydrogen (secondary N) is 1. The Labute approximate surface area is 98.6 Å². The number of amides is 1. The highest BCUT2D eigenvalue weighted by Gasteiger charge is 2.17. The van der Waals surface area contributed by atoms with Gasteiger partial charge < -0.3 is 10.1 Å². The smallest absolute Gasteiger partial charge is 0.350 e. The van der Waals surface area contributed by atoms with Gasteiger partial charge >= 0.3 is 5.97 Å². The van der Waals surface area contributed by atoms with Crippen LogP contribution in [-0.2, 0) is 16.0 Å². The van der Waals surface area contributed by atoms with Crippen molar-refractivity contribution in [2.75, 3.05) is 11.9 Å². The van der Waals surface area contributed by atoms with E-state index in [9.17, 15) is 9.59 Å². The summed E-state index contributed by atoms with van der Waals surface area (Å²) in [5, 5.41) is 2.64. The topological polar surface area (TPSA) is 55.4 Å². The predicted molar refractivity (Wildman–Crippen MR) is 64.0 cm³/mol. The molecule has 1 aromatic rings. The van der Waals surface area contributed by atoms with Crippen LogP contribution in [0.5, 0.6) is 0 Å². The fourth-order valence-corrected chi connectivity index (χ4v) is 2.19. The van der Waals surface area contributed by atoms with Crippen LogP contribution in [-0.4, -0.2) is 18.5 Å². The second-order valence-corrected chi connectivity index (χ2v) is 4.35. The highest BCUT2D eigenvalue weighted by atomic mass is 32.1. The van der Waals surface area contributed by atoms with E-state index in [2.05, 4.69) is 5.32 Å². The third kappa shape index (κ3) is 3.06. The van der Waals surface area contributed by atoms with Gasteiger partial charge in [0.1, 0.15) is 4.88 Å². The molecule has 0 aliphatic heterocycles. The predicted octanol–water partition coefficient (Wildman–Crippen LogP) is 2.45. The highest BCUT2D eigenvalue weighted by molar-refractivity contribution is 7.14. The summed E-state index contributed by atoms with van der Waals surface area (Å²) < 4.78 is 4.93. The molecule has 5 heteroatoms. The molecule has 1 heterocycles. The second kappa shape index (κ2) is 5.65. The Morgan fingerprint density at radius 1 is 1.44 bits per heavy atom. The molecule has 4 nitrogen and oxygen atoms in total. The van der Waals surface area contributed by atoms with Crippen LogP contribution in [0.4, 0.5) is 5.69 Å². The van der Waals surface area contributed by atoms with Crippen molar-refractivity contribution in [2.24, 2.45) is 0 Å². The Morgan fingerprint density at radius 3 is 2.62 bits per heavy atom. The first-order valence-electron chi connectivity index (χ1n) is 5.15. The summed E-state index contributed by atoms with van der Waals surface area (Å²) in [4.78, 5) is 24.1. The van der Waals surface area contributed by atoms with Crippen molar-refractivity contribution in [3.63, 3.8) is 0 Å². The molecule has 1 aromatic heterocycles. The summed E-state index contributed by atoms with van der Waals surface area (Å²) >= 11 is 1.36. The highest BCUT2D eigenvalue weighted by Crippen LogP contribution is 2.28. The maximum absolute atomic E-state index is 11.6. The summed E-state index contributed by atoms with van der Waals surface area (Å²) in [5.41, 5.74) is 0.549. The normalized spacial score (nSPS) is 9.94. The number of carbonyl (C=O) groups is 2. The Bertz CT molecular complexity index is 398. The van der Waals surface area contributed by atoms with Crippen molar-refractivity contribution < 1.29 is 14.3 Å². The zero-order valence-electron chi connectivity index (χ0n) is 9.62. The largest absolute Gasteiger partial charge is 0.462 e. The molecule has 0 fully saturated rings. The van der Waals surface area contributed by atoms with Gasteiger partial charge in [0.2, 0.25) is 5.91 Å². The van der Waals surface area contributed by atoms with Crippen LogP contribution in [0.1, 0.15) is 35.3 Å². The average molecular weight is 241 g/mol. The van der Waals surface area contributed by atoms with E-state index >= 15 is 0 Å². The lowest BCUT2D eigenvalue weighted by Gasteiger charge is -2.03. The van der Waals surface area contributed by atoms with Crippen molar-refractivity contribution in [1.82, 2.24) is 0 Å². The van der Waals surface area contributed by atoms with Crippen molar-refractivity contribution in [1.29, 1.82) is 0 Å². The molecule has 0 aliphatic rings. The number of thiophene rings is 1. The summed E-state index contributed by atoms with van der Waals surface area (Å²) in [7, 11) is 0. The molecule has 16 heavy (non-hydrogen) atoms. The van der Waals surface area contributed by atoms with E-state index in [1.165, 1.54) is 18.3 Å². The molecule has 0 aromatic carbocycles. The maximum atomic E-state index is 11.6. The summed E-state index contributed by atoms with van der Waals surface area (Å²) in [5.74, 6) is -0.568. The van der Waals surface area contributed by atoms with Gasteiger partial charge in [0.15, 0.2) is 0 Å². The van der Waals surface area contributed by atoms with Gasteiger partial charge in [-0.2, -0.15) is 0 Å². The van der Waals surface area contributed by atoms with E-state index < -0.39 is 0 Å². The Morgan fingerprint density at radius 2 is 2.12 bits per heavy atom. The van der Waals surface area contributed by atoms with Crippen LogP contribution in [0.3, 0.4) is 0 Å². The molecular formula is C11H15NO3S. The van der Waals surface area contributed by atoms with Crippen molar-refractivity contribution in [2.45, 2.75) is 27.2 Å². The van der Waals surface area contributed by atoms with Gasteiger partial charge in [-0.3, -0.25) is 4.79 Å². The third-order valence-corrected chi connectivity index (χ3v) is 3.16. The minimum Gasteiger partial charge on any atom is -0.462 e. The van der Waals surface area contributed by atoms with Gasteiger partial charge in [0.05, 0.1) is 12.3 Å². The molecular weight excluding hydrogens is 226 g/mol. The first kappa shape index (κ1) is 12.7. The summed E-state index contributed by atoms with van der Waals surface area (Å²) in [6, 6.07) is 1.82. The molecule has 0 radical (unpaired) electrons. The quantitative estimate of drug-likeness (QED) is 0.824. The van der Waals surface area contributed by atoms with Crippen molar-refractivity contribution in [3.8, 4) is 0 Å². The minimum absolute atomic E-state index is 0.189. The van der Waals surface area contributed by atoms with E-state index in [1.807, 2.05) is 13.0 Å². The fourth-order valence-electron chi connectivity index (χ4n) is 1.25. The molecule has 1 amide bonds. The van der Waals surface area contributed by atoms with Crippen LogP contribution in [0, 0.1) is 0 Å². The molecule has 0 atom stereocenters. The van der Waals surface area contributed by atoms with Crippen LogP contribution in [0.15, 0.2) is 6.07 Å². The molecule has 88 valence electrons. The molecule has 0 unspecified atom stereocenters. The van der Waals surface area contributed by atoms with E-state index in [0.717, 1.165) is 11.3 Å². The first-order valence-corrected chi connectivity index (χ1v) is 5.97. The molecule has 1 N–H and O–H groups in total. The molecule has 0 bridgehead atoms. The SMILES string of the molecule is CCOC(=O)c1sc(CC)cc1NC(C)=O. The molecule has 0 spiro atoms. The van der Waals surface area contributed by atoms with Gasteiger partial charge in [0.25, 0.3) is 0 Å². The molecule has 0 aliphatic carbocycles. The summed E-state index contributed by atoms with van der Waals surface area (Å²) in [6.45, 7) is 5.50. The number of rotatable bonds is 4. The Hall–Kier alpha value is -1.36. The number of hydrogen-bond acceptors (Lipinski definition) is 4. The Balaban J connectivity index is 2.99. The van der Waals surface area contributed by atoms with Crippen LogP contribution in [0.25, 0.3) is 0 Å². The van der Waals surface area contributed by atoms with Crippen molar-refractivity contribution in [3.05, 3.63) is 15.8 Å². The standard InChI is InChI=1S/C11H15NO3S/c1-4-8-6-9(12-7(3)13)10(16-8)11(14)15-5-2/h6H,4-5H2,1-3H3,(H,12,13). The first-order chi connectivity index (χ1) is 7.58. The van der Waals surface area contributed by atoms with Crippen LogP contribution in [0.2, 0.25) is 0 Å². The molecule has 0 saturated carbocycles. The number of anilines is 1. The lowest BCUT2D eigenvalue weighted by atomic mass is 10.3. The molecule has 0 saturated heterocycles. The van der Waals surface area contributed by atoms with Crippen LogP contribution >= 0.6 is 11.3 Å². The fraction of sp³-hybridized carbons (Fsp3) is 0.455. The third-order valence-electron chi connectivity index (χ3n) is 1.90. The zero-order chi connectivity index (χ0) is 12.1. The molecule has 1 rings (SSSR count). The van der Waals surface area contributed by atoms with Crippen molar-refractivity contribution >= 4 is 28.9 Å². The average Bonchev–Trinajstić information content (AvgIpc) is 2.60. The van der Waals surface area contributed by atoms with E-state index in [4.69, 9.17) is 4.74 Å². The summed E-state index contributed by atoms with van der Waals surface area (Å²) in [6.07, 6.45) is 0.830.